The molecule has 2 heterocycles. The van der Waals surface area contributed by atoms with Crippen LogP contribution >= 0.6 is 11.3 Å². The van der Waals surface area contributed by atoms with Gasteiger partial charge in [0.2, 0.25) is 0 Å². The Hall–Kier alpha value is -2.01. The first kappa shape index (κ1) is 13.0. The van der Waals surface area contributed by atoms with Crippen LogP contribution in [-0.4, -0.2) is 14.5 Å². The summed E-state index contributed by atoms with van der Waals surface area (Å²) in [5, 5.41) is 0.845. The molecule has 0 amide bonds. The van der Waals surface area contributed by atoms with Crippen LogP contribution in [0.4, 0.5) is 4.39 Å². The van der Waals surface area contributed by atoms with Crippen LogP contribution in [0.3, 0.4) is 0 Å². The van der Waals surface area contributed by atoms with Gasteiger partial charge in [0.05, 0.1) is 12.4 Å². The van der Waals surface area contributed by atoms with E-state index in [0.717, 1.165) is 21.9 Å². The van der Waals surface area contributed by atoms with Crippen LogP contribution in [0.15, 0.2) is 49.2 Å². The largest absolute Gasteiger partial charge is 0.329 e. The molecule has 1 unspecified atom stereocenters. The number of benzene rings is 1. The third-order valence-electron chi connectivity index (χ3n) is 3.20. The fourth-order valence-electron chi connectivity index (χ4n) is 2.21. The summed E-state index contributed by atoms with van der Waals surface area (Å²) in [6.45, 7) is 2.13. The van der Waals surface area contributed by atoms with E-state index in [1.807, 2.05) is 24.8 Å². The van der Waals surface area contributed by atoms with Gasteiger partial charge in [0.25, 0.3) is 0 Å². The van der Waals surface area contributed by atoms with Gasteiger partial charge in [-0.1, -0.05) is 19.1 Å². The lowest BCUT2D eigenvalue weighted by atomic mass is 10.2. The zero-order valence-electron chi connectivity index (χ0n) is 11.0. The lowest BCUT2D eigenvalue weighted by molar-refractivity contribution is 0.574. The van der Waals surface area contributed by atoms with Crippen LogP contribution in [0, 0.1) is 5.82 Å². The van der Waals surface area contributed by atoms with Gasteiger partial charge in [-0.2, -0.15) is 0 Å². The van der Waals surface area contributed by atoms with Crippen molar-refractivity contribution in [1.82, 2.24) is 14.5 Å². The molecule has 0 aliphatic heterocycles. The lowest BCUT2D eigenvalue weighted by Gasteiger charge is -2.13. The van der Waals surface area contributed by atoms with Crippen molar-refractivity contribution in [2.75, 3.05) is 0 Å². The zero-order valence-corrected chi connectivity index (χ0v) is 11.8. The standard InChI is InChI=1S/C15H14FN3S/c1-2-13(19-7-6-17-10-19)14-9-18-15(20-14)11-4-3-5-12(16)8-11/h3-10,13H,2H2,1H3. The molecular formula is C15H14FN3S. The molecule has 0 saturated heterocycles. The Bertz CT molecular complexity index is 691. The fraction of sp³-hybridized carbons (Fsp3) is 0.200. The smallest absolute Gasteiger partial charge is 0.123 e. The van der Waals surface area contributed by atoms with E-state index in [9.17, 15) is 4.39 Å². The van der Waals surface area contributed by atoms with Crippen LogP contribution in [0.1, 0.15) is 24.3 Å². The predicted octanol–water partition coefficient (Wildman–Crippen LogP) is 4.15. The van der Waals surface area contributed by atoms with E-state index in [0.29, 0.717) is 0 Å². The molecule has 1 aromatic carbocycles. The van der Waals surface area contributed by atoms with Crippen LogP contribution < -0.4 is 0 Å². The monoisotopic (exact) mass is 287 g/mol. The van der Waals surface area contributed by atoms with Crippen LogP contribution in [0.5, 0.6) is 0 Å². The zero-order chi connectivity index (χ0) is 13.9. The molecule has 0 bridgehead atoms. The molecule has 102 valence electrons. The highest BCUT2D eigenvalue weighted by Crippen LogP contribution is 2.32. The Labute approximate surface area is 120 Å². The number of imidazole rings is 1. The third kappa shape index (κ3) is 2.49. The van der Waals surface area contributed by atoms with Gasteiger partial charge in [-0.15, -0.1) is 11.3 Å². The molecule has 0 aliphatic carbocycles. The van der Waals surface area contributed by atoms with Crippen molar-refractivity contribution in [2.24, 2.45) is 0 Å². The average Bonchev–Trinajstić information content (AvgIpc) is 3.11. The van der Waals surface area contributed by atoms with Gasteiger partial charge < -0.3 is 4.57 Å². The molecule has 0 N–H and O–H groups in total. The summed E-state index contributed by atoms with van der Waals surface area (Å²) >= 11 is 1.60. The first-order valence-corrected chi connectivity index (χ1v) is 7.28. The maximum atomic E-state index is 13.3. The number of aromatic nitrogens is 3. The Balaban J connectivity index is 1.93. The Morgan fingerprint density at radius 2 is 2.30 bits per heavy atom. The lowest BCUT2D eigenvalue weighted by Crippen LogP contribution is -2.05. The van der Waals surface area contributed by atoms with Gasteiger partial charge >= 0.3 is 0 Å². The maximum Gasteiger partial charge on any atom is 0.123 e. The van der Waals surface area contributed by atoms with Crippen molar-refractivity contribution >= 4 is 11.3 Å². The molecule has 0 saturated carbocycles. The molecule has 1 atom stereocenters. The van der Waals surface area contributed by atoms with E-state index in [-0.39, 0.29) is 11.9 Å². The molecule has 3 nitrogen and oxygen atoms in total. The van der Waals surface area contributed by atoms with Crippen molar-refractivity contribution in [2.45, 2.75) is 19.4 Å². The minimum absolute atomic E-state index is 0.234. The fourth-order valence-corrected chi connectivity index (χ4v) is 3.31. The van der Waals surface area contributed by atoms with Crippen molar-refractivity contribution in [3.63, 3.8) is 0 Å². The first-order chi connectivity index (χ1) is 9.78. The minimum atomic E-state index is -0.235. The highest BCUT2D eigenvalue weighted by Gasteiger charge is 2.15. The van der Waals surface area contributed by atoms with Crippen LogP contribution in [0.2, 0.25) is 0 Å². The number of nitrogens with zero attached hydrogens (tertiary/aromatic N) is 3. The van der Waals surface area contributed by atoms with Crippen LogP contribution in [-0.2, 0) is 0 Å². The van der Waals surface area contributed by atoms with Crippen LogP contribution in [0.25, 0.3) is 10.6 Å². The molecular weight excluding hydrogens is 273 g/mol. The molecule has 3 aromatic rings. The van der Waals surface area contributed by atoms with Crippen molar-refractivity contribution < 1.29 is 4.39 Å². The topological polar surface area (TPSA) is 30.7 Å². The van der Waals surface area contributed by atoms with Gasteiger partial charge in [-0.05, 0) is 18.6 Å². The average molecular weight is 287 g/mol. The van der Waals surface area contributed by atoms with Gasteiger partial charge in [0.1, 0.15) is 10.8 Å². The van der Waals surface area contributed by atoms with E-state index in [4.69, 9.17) is 0 Å². The Morgan fingerprint density at radius 1 is 1.40 bits per heavy atom. The predicted molar refractivity (Wildman–Crippen MR) is 78.2 cm³/mol. The maximum absolute atomic E-state index is 13.3. The number of rotatable bonds is 4. The molecule has 0 aliphatic rings. The molecule has 0 fully saturated rings. The highest BCUT2D eigenvalue weighted by molar-refractivity contribution is 7.15. The van der Waals surface area contributed by atoms with E-state index in [1.165, 1.54) is 12.1 Å². The first-order valence-electron chi connectivity index (χ1n) is 6.47. The molecule has 3 rings (SSSR count). The number of halogens is 1. The van der Waals surface area contributed by atoms with Crippen molar-refractivity contribution in [1.29, 1.82) is 0 Å². The summed E-state index contributed by atoms with van der Waals surface area (Å²) < 4.78 is 15.3. The van der Waals surface area contributed by atoms with E-state index in [1.54, 1.807) is 23.6 Å². The number of hydrogen-bond acceptors (Lipinski definition) is 3. The molecule has 5 heteroatoms. The van der Waals surface area contributed by atoms with Crippen molar-refractivity contribution in [3.05, 3.63) is 59.9 Å². The SMILES string of the molecule is CCC(c1cnc(-c2cccc(F)c2)s1)n1ccnc1. The molecule has 0 radical (unpaired) electrons. The van der Waals surface area contributed by atoms with E-state index < -0.39 is 0 Å². The molecule has 20 heavy (non-hydrogen) atoms. The van der Waals surface area contributed by atoms with E-state index >= 15 is 0 Å². The van der Waals surface area contributed by atoms with E-state index in [2.05, 4.69) is 21.5 Å². The molecule has 0 spiro atoms. The molecule has 2 aromatic heterocycles. The second-order valence-electron chi connectivity index (χ2n) is 4.51. The summed E-state index contributed by atoms with van der Waals surface area (Å²) in [4.78, 5) is 9.67. The van der Waals surface area contributed by atoms with Gasteiger partial charge in [-0.3, -0.25) is 0 Å². The summed E-state index contributed by atoms with van der Waals surface area (Å²) in [5.41, 5.74) is 0.821. The quantitative estimate of drug-likeness (QED) is 0.722. The Morgan fingerprint density at radius 3 is 3.00 bits per heavy atom. The third-order valence-corrected chi connectivity index (χ3v) is 4.34. The number of thiazole rings is 1. The summed E-state index contributed by atoms with van der Waals surface area (Å²) in [7, 11) is 0. The highest BCUT2D eigenvalue weighted by atomic mass is 32.1. The summed E-state index contributed by atoms with van der Waals surface area (Å²) in [5.74, 6) is -0.235. The van der Waals surface area contributed by atoms with Gasteiger partial charge in [0.15, 0.2) is 0 Å². The second-order valence-corrected chi connectivity index (χ2v) is 5.57. The second kappa shape index (κ2) is 5.54. The summed E-state index contributed by atoms with van der Waals surface area (Å²) in [6.07, 6.45) is 8.38. The normalized spacial score (nSPS) is 12.5. The Kier molecular flexibility index (Phi) is 3.60. The van der Waals surface area contributed by atoms with Crippen molar-refractivity contribution in [3.8, 4) is 10.6 Å². The number of hydrogen-bond donors (Lipinski definition) is 0. The summed E-state index contributed by atoms with van der Waals surface area (Å²) in [6, 6.07) is 6.78. The van der Waals surface area contributed by atoms with Gasteiger partial charge in [0, 0.05) is 29.0 Å². The minimum Gasteiger partial charge on any atom is -0.329 e. The van der Waals surface area contributed by atoms with Gasteiger partial charge in [-0.25, -0.2) is 14.4 Å².